The largest absolute Gasteiger partial charge is 0.496 e. The average molecular weight is 394 g/mol. The van der Waals surface area contributed by atoms with Gasteiger partial charge in [-0.1, -0.05) is 35.3 Å². The number of ether oxygens (including phenoxy) is 1. The maximum Gasteiger partial charge on any atom is 0.257 e. The molecule has 1 heterocycles. The predicted molar refractivity (Wildman–Crippen MR) is 105 cm³/mol. The average Bonchev–Trinajstić information content (AvgIpc) is 2.63. The number of benzene rings is 2. The SMILES string of the molecule is COc1cc(N)c(Cl)cc1C(=O)N1CCN(Cc2cccc(Cl)c2)CC1. The zero-order valence-electron chi connectivity index (χ0n) is 14.5. The molecule has 0 radical (unpaired) electrons. The summed E-state index contributed by atoms with van der Waals surface area (Å²) < 4.78 is 5.30. The third kappa shape index (κ3) is 4.23. The number of piperazine rings is 1. The lowest BCUT2D eigenvalue weighted by Gasteiger charge is -2.35. The molecule has 0 atom stereocenters. The van der Waals surface area contributed by atoms with Crippen LogP contribution in [0.25, 0.3) is 0 Å². The van der Waals surface area contributed by atoms with Gasteiger partial charge in [-0.15, -0.1) is 0 Å². The van der Waals surface area contributed by atoms with Gasteiger partial charge in [0.1, 0.15) is 5.75 Å². The molecule has 0 unspecified atom stereocenters. The van der Waals surface area contributed by atoms with Crippen molar-refractivity contribution in [1.82, 2.24) is 9.80 Å². The van der Waals surface area contributed by atoms with Crippen molar-refractivity contribution in [2.75, 3.05) is 39.0 Å². The normalized spacial score (nSPS) is 15.1. The number of methoxy groups -OCH3 is 1. The van der Waals surface area contributed by atoms with E-state index in [2.05, 4.69) is 11.0 Å². The highest BCUT2D eigenvalue weighted by Crippen LogP contribution is 2.30. The summed E-state index contributed by atoms with van der Waals surface area (Å²) >= 11 is 12.1. The number of halogens is 2. The number of anilines is 1. The fourth-order valence-corrected chi connectivity index (χ4v) is 3.45. The van der Waals surface area contributed by atoms with Gasteiger partial charge in [0.25, 0.3) is 5.91 Å². The molecule has 1 aliphatic rings. The standard InChI is InChI=1S/C19H21Cl2N3O2/c1-26-18-11-17(22)16(21)10-15(18)19(25)24-7-5-23(6-8-24)12-13-3-2-4-14(20)9-13/h2-4,9-11H,5-8,12,22H2,1H3. The van der Waals surface area contributed by atoms with E-state index < -0.39 is 0 Å². The second-order valence-corrected chi connectivity index (χ2v) is 7.12. The molecule has 2 aromatic rings. The number of hydrogen-bond donors (Lipinski definition) is 1. The van der Waals surface area contributed by atoms with Gasteiger partial charge in [0.2, 0.25) is 0 Å². The molecule has 1 aliphatic heterocycles. The molecular formula is C19H21Cl2N3O2. The van der Waals surface area contributed by atoms with Crippen LogP contribution in [-0.2, 0) is 6.54 Å². The first-order chi connectivity index (χ1) is 12.5. The van der Waals surface area contributed by atoms with Gasteiger partial charge in [-0.3, -0.25) is 9.69 Å². The Kier molecular flexibility index (Phi) is 5.91. The Bertz CT molecular complexity index is 805. The van der Waals surface area contributed by atoms with Gasteiger partial charge in [-0.05, 0) is 23.8 Å². The molecule has 3 rings (SSSR count). The fourth-order valence-electron chi connectivity index (χ4n) is 3.08. The highest BCUT2D eigenvalue weighted by Gasteiger charge is 2.25. The Balaban J connectivity index is 1.64. The van der Waals surface area contributed by atoms with Crippen LogP contribution in [0.3, 0.4) is 0 Å². The summed E-state index contributed by atoms with van der Waals surface area (Å²) in [4.78, 5) is 17.0. The Labute approximate surface area is 163 Å². The lowest BCUT2D eigenvalue weighted by Crippen LogP contribution is -2.48. The van der Waals surface area contributed by atoms with Crippen LogP contribution in [-0.4, -0.2) is 49.0 Å². The minimum Gasteiger partial charge on any atom is -0.496 e. The van der Waals surface area contributed by atoms with Crippen molar-refractivity contribution in [2.24, 2.45) is 0 Å². The highest BCUT2D eigenvalue weighted by atomic mass is 35.5. The Morgan fingerprint density at radius 3 is 2.54 bits per heavy atom. The van der Waals surface area contributed by atoms with Crippen LogP contribution in [0.1, 0.15) is 15.9 Å². The molecule has 1 fully saturated rings. The zero-order chi connectivity index (χ0) is 18.7. The monoisotopic (exact) mass is 393 g/mol. The highest BCUT2D eigenvalue weighted by molar-refractivity contribution is 6.33. The number of amides is 1. The van der Waals surface area contributed by atoms with Crippen molar-refractivity contribution in [3.05, 3.63) is 57.6 Å². The van der Waals surface area contributed by atoms with E-state index in [-0.39, 0.29) is 5.91 Å². The lowest BCUT2D eigenvalue weighted by atomic mass is 10.1. The molecule has 0 aromatic heterocycles. The molecule has 1 saturated heterocycles. The quantitative estimate of drug-likeness (QED) is 0.806. The van der Waals surface area contributed by atoms with Crippen molar-refractivity contribution in [3.8, 4) is 5.75 Å². The molecule has 2 aromatic carbocycles. The third-order valence-corrected chi connectivity index (χ3v) is 5.07. The molecule has 26 heavy (non-hydrogen) atoms. The summed E-state index contributed by atoms with van der Waals surface area (Å²) in [5, 5.41) is 1.09. The molecule has 1 amide bonds. The molecule has 138 valence electrons. The van der Waals surface area contributed by atoms with Crippen LogP contribution in [0.2, 0.25) is 10.0 Å². The topological polar surface area (TPSA) is 58.8 Å². The van der Waals surface area contributed by atoms with E-state index in [9.17, 15) is 4.79 Å². The molecule has 0 saturated carbocycles. The number of carbonyl (C=O) groups excluding carboxylic acids is 1. The lowest BCUT2D eigenvalue weighted by molar-refractivity contribution is 0.0625. The van der Waals surface area contributed by atoms with E-state index in [1.807, 2.05) is 23.1 Å². The van der Waals surface area contributed by atoms with Gasteiger partial charge in [0.15, 0.2) is 0 Å². The molecule has 5 nitrogen and oxygen atoms in total. The Morgan fingerprint density at radius 2 is 1.88 bits per heavy atom. The number of nitrogen functional groups attached to an aromatic ring is 1. The Morgan fingerprint density at radius 1 is 1.15 bits per heavy atom. The zero-order valence-corrected chi connectivity index (χ0v) is 16.1. The molecule has 0 spiro atoms. The van der Waals surface area contributed by atoms with Crippen LogP contribution in [0.4, 0.5) is 5.69 Å². The Hall–Kier alpha value is -1.95. The second kappa shape index (κ2) is 8.16. The van der Waals surface area contributed by atoms with E-state index in [1.54, 1.807) is 12.1 Å². The van der Waals surface area contributed by atoms with Crippen LogP contribution >= 0.6 is 23.2 Å². The van der Waals surface area contributed by atoms with E-state index >= 15 is 0 Å². The minimum absolute atomic E-state index is 0.0915. The fraction of sp³-hybridized carbons (Fsp3) is 0.316. The van der Waals surface area contributed by atoms with Gasteiger partial charge >= 0.3 is 0 Å². The second-order valence-electron chi connectivity index (χ2n) is 6.27. The number of rotatable bonds is 4. The van der Waals surface area contributed by atoms with Crippen LogP contribution < -0.4 is 10.5 Å². The summed E-state index contributed by atoms with van der Waals surface area (Å²) in [6.45, 7) is 3.70. The van der Waals surface area contributed by atoms with Gasteiger partial charge < -0.3 is 15.4 Å². The van der Waals surface area contributed by atoms with Crippen molar-refractivity contribution < 1.29 is 9.53 Å². The number of nitrogens with zero attached hydrogens (tertiary/aromatic N) is 2. The first-order valence-corrected chi connectivity index (χ1v) is 9.12. The van der Waals surface area contributed by atoms with E-state index in [1.165, 1.54) is 12.7 Å². The summed E-state index contributed by atoms with van der Waals surface area (Å²) in [5.74, 6) is 0.351. The van der Waals surface area contributed by atoms with Gasteiger partial charge in [-0.25, -0.2) is 0 Å². The molecule has 0 aliphatic carbocycles. The van der Waals surface area contributed by atoms with E-state index in [0.29, 0.717) is 35.1 Å². The van der Waals surface area contributed by atoms with Crippen LogP contribution in [0, 0.1) is 0 Å². The molecular weight excluding hydrogens is 373 g/mol. The summed E-state index contributed by atoms with van der Waals surface area (Å²) in [6, 6.07) is 11.0. The van der Waals surface area contributed by atoms with Gasteiger partial charge in [0, 0.05) is 43.8 Å². The van der Waals surface area contributed by atoms with Crippen molar-refractivity contribution >= 4 is 34.8 Å². The summed E-state index contributed by atoms with van der Waals surface area (Å²) in [5.41, 5.74) is 7.80. The first-order valence-electron chi connectivity index (χ1n) is 8.37. The van der Waals surface area contributed by atoms with E-state index in [4.69, 9.17) is 33.7 Å². The predicted octanol–water partition coefficient (Wildman–Crippen LogP) is 3.54. The maximum atomic E-state index is 12.9. The maximum absolute atomic E-state index is 12.9. The van der Waals surface area contributed by atoms with Crippen molar-refractivity contribution in [3.63, 3.8) is 0 Å². The number of carbonyl (C=O) groups is 1. The molecule has 0 bridgehead atoms. The smallest absolute Gasteiger partial charge is 0.257 e. The van der Waals surface area contributed by atoms with Crippen molar-refractivity contribution in [2.45, 2.75) is 6.54 Å². The van der Waals surface area contributed by atoms with Crippen molar-refractivity contribution in [1.29, 1.82) is 0 Å². The third-order valence-electron chi connectivity index (χ3n) is 4.50. The minimum atomic E-state index is -0.0915. The van der Waals surface area contributed by atoms with Crippen LogP contribution in [0.15, 0.2) is 36.4 Å². The van der Waals surface area contributed by atoms with E-state index in [0.717, 1.165) is 24.7 Å². The summed E-state index contributed by atoms with van der Waals surface area (Å²) in [7, 11) is 1.52. The molecule has 7 heteroatoms. The van der Waals surface area contributed by atoms with Gasteiger partial charge in [-0.2, -0.15) is 0 Å². The molecule has 2 N–H and O–H groups in total. The van der Waals surface area contributed by atoms with Crippen LogP contribution in [0.5, 0.6) is 5.75 Å². The number of hydrogen-bond acceptors (Lipinski definition) is 4. The van der Waals surface area contributed by atoms with Gasteiger partial charge in [0.05, 0.1) is 23.4 Å². The first kappa shape index (κ1) is 18.8. The number of nitrogens with two attached hydrogens (primary N) is 1. The summed E-state index contributed by atoms with van der Waals surface area (Å²) in [6.07, 6.45) is 0.